The lowest BCUT2D eigenvalue weighted by molar-refractivity contribution is -0.924. The Balaban J connectivity index is 0.000000998. The molecule has 3 atom stereocenters. The van der Waals surface area contributed by atoms with Crippen molar-refractivity contribution in [1.29, 1.82) is 0 Å². The van der Waals surface area contributed by atoms with Crippen LogP contribution in [0.25, 0.3) is 0 Å². The average molecular weight is 632 g/mol. The van der Waals surface area contributed by atoms with Gasteiger partial charge in [0.1, 0.15) is 12.3 Å². The third-order valence-electron chi connectivity index (χ3n) is 6.55. The van der Waals surface area contributed by atoms with Crippen LogP contribution in [0.3, 0.4) is 0 Å². The van der Waals surface area contributed by atoms with Crippen LogP contribution in [0.4, 0.5) is 0 Å². The number of hydrogen-bond donors (Lipinski definition) is 1. The van der Waals surface area contributed by atoms with Crippen LogP contribution >= 0.6 is 23.2 Å². The van der Waals surface area contributed by atoms with Gasteiger partial charge in [-0.05, 0) is 48.7 Å². The van der Waals surface area contributed by atoms with E-state index < -0.39 is 22.7 Å². The van der Waals surface area contributed by atoms with Crippen molar-refractivity contribution in [1.82, 2.24) is 0 Å². The molecule has 1 aliphatic heterocycles. The molecule has 0 spiro atoms. The number of carbonyl (C=O) groups excluding carboxylic acids is 1. The molecule has 1 aliphatic rings. The number of carboxylic acid groups (broad SMARTS) is 1. The standard InChI is InChI=1S/C19H25Cl2NO6.C9H12O.2C2H6/c1-22(6-4-8-28-19(25)17(21)16(20)18(23)24)7-5-12-9-14(26-2)15(27-3)10-13(12)11-22;1-7-4-5-8(2)9(6-7)10-3;2*1-2/h9-10,16-17H,4-8,11H2,1-3H3;4-6H,1-3H3;2*1-2H3/p+1. The van der Waals surface area contributed by atoms with Gasteiger partial charge in [0, 0.05) is 18.4 Å². The van der Waals surface area contributed by atoms with E-state index in [-0.39, 0.29) is 6.61 Å². The minimum atomic E-state index is -1.51. The highest BCUT2D eigenvalue weighted by Crippen LogP contribution is 2.34. The lowest BCUT2D eigenvalue weighted by atomic mass is 9.97. The molecule has 42 heavy (non-hydrogen) atoms. The number of alkyl halides is 2. The molecule has 0 saturated heterocycles. The maximum absolute atomic E-state index is 11.8. The second-order valence-electron chi connectivity index (χ2n) is 9.59. The van der Waals surface area contributed by atoms with E-state index in [2.05, 4.69) is 26.1 Å². The number of halogens is 2. The van der Waals surface area contributed by atoms with E-state index >= 15 is 0 Å². The zero-order valence-corrected chi connectivity index (χ0v) is 28.4. The second-order valence-corrected chi connectivity index (χ2v) is 10.5. The molecule has 0 saturated carbocycles. The molecule has 3 rings (SSSR count). The molecule has 0 bridgehead atoms. The second kappa shape index (κ2) is 20.3. The molecule has 0 amide bonds. The van der Waals surface area contributed by atoms with Crippen LogP contribution in [0.2, 0.25) is 0 Å². The number of benzene rings is 2. The first-order valence-electron chi connectivity index (χ1n) is 14.3. The van der Waals surface area contributed by atoms with Crippen molar-refractivity contribution in [3.05, 3.63) is 52.6 Å². The number of nitrogens with zero attached hydrogens (tertiary/aromatic N) is 1. The topological polar surface area (TPSA) is 91.3 Å². The van der Waals surface area contributed by atoms with Gasteiger partial charge in [-0.3, -0.25) is 9.59 Å². The van der Waals surface area contributed by atoms with Crippen molar-refractivity contribution < 1.29 is 38.1 Å². The summed E-state index contributed by atoms with van der Waals surface area (Å²) in [6.45, 7) is 14.9. The minimum absolute atomic E-state index is 0.165. The van der Waals surface area contributed by atoms with Crippen LogP contribution in [0, 0.1) is 13.8 Å². The number of aliphatic carboxylic acids is 1. The highest BCUT2D eigenvalue weighted by molar-refractivity contribution is 6.41. The maximum atomic E-state index is 11.8. The highest BCUT2D eigenvalue weighted by Gasteiger charge is 2.32. The smallest absolute Gasteiger partial charge is 0.326 e. The number of ether oxygens (including phenoxy) is 4. The number of quaternary nitrogens is 1. The van der Waals surface area contributed by atoms with E-state index in [4.69, 9.17) is 47.3 Å². The molecule has 0 aromatic heterocycles. The fourth-order valence-electron chi connectivity index (χ4n) is 4.29. The highest BCUT2D eigenvalue weighted by atomic mass is 35.5. The van der Waals surface area contributed by atoms with Crippen LogP contribution in [0.15, 0.2) is 30.3 Å². The molecule has 2 aromatic rings. The Bertz CT molecular complexity index is 1110. The van der Waals surface area contributed by atoms with E-state index in [1.807, 2.05) is 52.8 Å². The third-order valence-corrected chi connectivity index (χ3v) is 7.54. The average Bonchev–Trinajstić information content (AvgIpc) is 3.01. The summed E-state index contributed by atoms with van der Waals surface area (Å²) in [6.07, 6.45) is 1.55. The van der Waals surface area contributed by atoms with Crippen molar-refractivity contribution in [2.75, 3.05) is 48.1 Å². The molecule has 0 aliphatic carbocycles. The predicted molar refractivity (Wildman–Crippen MR) is 171 cm³/mol. The van der Waals surface area contributed by atoms with Crippen LogP contribution in [-0.4, -0.2) is 80.4 Å². The Labute approximate surface area is 262 Å². The van der Waals surface area contributed by atoms with Gasteiger partial charge in [-0.1, -0.05) is 39.8 Å². The first kappa shape index (κ1) is 39.3. The fraction of sp³-hybridized carbons (Fsp3) is 0.562. The Morgan fingerprint density at radius 2 is 1.43 bits per heavy atom. The van der Waals surface area contributed by atoms with Gasteiger partial charge in [0.2, 0.25) is 0 Å². The monoisotopic (exact) mass is 630 g/mol. The van der Waals surface area contributed by atoms with E-state index in [1.54, 1.807) is 21.3 Å². The summed E-state index contributed by atoms with van der Waals surface area (Å²) < 4.78 is 21.8. The Morgan fingerprint density at radius 1 is 0.881 bits per heavy atom. The lowest BCUT2D eigenvalue weighted by Gasteiger charge is -2.39. The van der Waals surface area contributed by atoms with E-state index in [0.29, 0.717) is 12.2 Å². The first-order chi connectivity index (χ1) is 19.9. The van der Waals surface area contributed by atoms with Gasteiger partial charge in [0.15, 0.2) is 22.3 Å². The summed E-state index contributed by atoms with van der Waals surface area (Å²) >= 11 is 11.3. The predicted octanol–water partition coefficient (Wildman–Crippen LogP) is 6.80. The van der Waals surface area contributed by atoms with Gasteiger partial charge in [0.25, 0.3) is 0 Å². The molecule has 0 fully saturated rings. The molecule has 0 radical (unpaired) electrons. The van der Waals surface area contributed by atoms with Crippen molar-refractivity contribution in [2.45, 2.75) is 71.7 Å². The van der Waals surface area contributed by atoms with Crippen LogP contribution < -0.4 is 14.2 Å². The van der Waals surface area contributed by atoms with E-state index in [1.165, 1.54) is 22.3 Å². The van der Waals surface area contributed by atoms with Crippen molar-refractivity contribution >= 4 is 35.1 Å². The summed E-state index contributed by atoms with van der Waals surface area (Å²) in [5, 5.41) is 5.86. The molecule has 1 heterocycles. The molecule has 8 nitrogen and oxygen atoms in total. The quantitative estimate of drug-likeness (QED) is 0.133. The van der Waals surface area contributed by atoms with Crippen LogP contribution in [-0.2, 0) is 27.3 Å². The number of methoxy groups -OCH3 is 3. The Morgan fingerprint density at radius 3 is 1.93 bits per heavy atom. The number of aryl methyl sites for hydroxylation is 2. The summed E-state index contributed by atoms with van der Waals surface area (Å²) in [7, 11) is 7.10. The Kier molecular flexibility index (Phi) is 19.0. The summed E-state index contributed by atoms with van der Waals surface area (Å²) in [5.74, 6) is 0.257. The summed E-state index contributed by atoms with van der Waals surface area (Å²) in [5.41, 5.74) is 4.90. The first-order valence-corrected chi connectivity index (χ1v) is 15.2. The van der Waals surface area contributed by atoms with Gasteiger partial charge in [-0.25, -0.2) is 0 Å². The normalized spacial score (nSPS) is 16.3. The summed E-state index contributed by atoms with van der Waals surface area (Å²) in [6, 6.07) is 10.2. The molecule has 10 heteroatoms. The van der Waals surface area contributed by atoms with Crippen molar-refractivity contribution in [3.63, 3.8) is 0 Å². The fourth-order valence-corrected chi connectivity index (χ4v) is 4.56. The molecule has 2 aromatic carbocycles. The molecular weight excluding hydrogens is 581 g/mol. The van der Waals surface area contributed by atoms with Gasteiger partial charge < -0.3 is 28.5 Å². The van der Waals surface area contributed by atoms with Gasteiger partial charge >= 0.3 is 11.9 Å². The van der Waals surface area contributed by atoms with Gasteiger partial charge in [-0.2, -0.15) is 0 Å². The van der Waals surface area contributed by atoms with Crippen molar-refractivity contribution in [3.8, 4) is 17.2 Å². The molecule has 3 unspecified atom stereocenters. The van der Waals surface area contributed by atoms with Crippen LogP contribution in [0.1, 0.15) is 56.4 Å². The van der Waals surface area contributed by atoms with Crippen LogP contribution in [0.5, 0.6) is 17.2 Å². The number of hydrogen-bond acceptors (Lipinski definition) is 6. The zero-order chi connectivity index (χ0) is 32.5. The largest absolute Gasteiger partial charge is 0.496 e. The van der Waals surface area contributed by atoms with Gasteiger partial charge in [-0.15, -0.1) is 23.2 Å². The molecule has 1 N–H and O–H groups in total. The number of esters is 1. The SMILES string of the molecule is CC.CC.COc1cc(C)ccc1C.COc1cc2c(cc1OC)C[N+](C)(CCCOC(=O)C(Cl)C(Cl)C(=O)O)CC2. The number of carbonyl (C=O) groups is 2. The number of likely N-dealkylation sites (N-methyl/N-ethyl adjacent to an activating group) is 1. The number of fused-ring (bicyclic) bond motifs is 1. The zero-order valence-electron chi connectivity index (χ0n) is 26.9. The maximum Gasteiger partial charge on any atom is 0.326 e. The number of rotatable bonds is 10. The lowest BCUT2D eigenvalue weighted by Crippen LogP contribution is -2.48. The summed E-state index contributed by atoms with van der Waals surface area (Å²) in [4.78, 5) is 22.5. The minimum Gasteiger partial charge on any atom is -0.496 e. The molecular formula is C32H50Cl2NO7+. The third kappa shape index (κ3) is 12.3. The molecule has 238 valence electrons. The van der Waals surface area contributed by atoms with Crippen molar-refractivity contribution in [2.24, 2.45) is 0 Å². The number of carboxylic acids is 1. The van der Waals surface area contributed by atoms with E-state index in [0.717, 1.165) is 42.0 Å². The van der Waals surface area contributed by atoms with E-state index in [9.17, 15) is 9.59 Å². The Hall–Kier alpha value is -2.68. The van der Waals surface area contributed by atoms with Gasteiger partial charge in [0.05, 0.1) is 48.1 Å².